The van der Waals surface area contributed by atoms with Crippen LogP contribution in [0.25, 0.3) is 16.9 Å². The Bertz CT molecular complexity index is 1370. The van der Waals surface area contributed by atoms with Crippen molar-refractivity contribution in [2.24, 2.45) is 11.8 Å². The molecule has 2 aliphatic heterocycles. The second kappa shape index (κ2) is 8.25. The Labute approximate surface area is 198 Å². The minimum absolute atomic E-state index is 0.102. The smallest absolute Gasteiger partial charge is 0.253 e. The number of carbonyl (C=O) groups is 1. The largest absolute Gasteiger partial charge is 0.338 e. The van der Waals surface area contributed by atoms with E-state index in [9.17, 15) is 4.79 Å². The molecule has 2 aliphatic rings. The third-order valence-corrected chi connectivity index (χ3v) is 7.39. The van der Waals surface area contributed by atoms with Crippen LogP contribution in [0.3, 0.4) is 0 Å². The first-order chi connectivity index (χ1) is 16.6. The average molecular weight is 453 g/mol. The fraction of sp³-hybridized carbons (Fsp3) is 0.296. The predicted octanol–water partition coefficient (Wildman–Crippen LogP) is 3.50. The van der Waals surface area contributed by atoms with Crippen molar-refractivity contribution in [1.82, 2.24) is 23.8 Å². The Morgan fingerprint density at radius 2 is 1.74 bits per heavy atom. The van der Waals surface area contributed by atoms with Crippen molar-refractivity contribution in [2.45, 2.75) is 13.1 Å². The molecule has 2 saturated heterocycles. The first-order valence-electron chi connectivity index (χ1n) is 11.9. The molecule has 0 radical (unpaired) electrons. The molecule has 3 aromatic heterocycles. The second-order valence-electron chi connectivity index (χ2n) is 9.48. The first-order valence-corrected chi connectivity index (χ1v) is 11.9. The first kappa shape index (κ1) is 20.9. The van der Waals surface area contributed by atoms with Gasteiger partial charge in [0.1, 0.15) is 11.1 Å². The van der Waals surface area contributed by atoms with Crippen LogP contribution in [0.1, 0.15) is 23.4 Å². The maximum atomic E-state index is 13.4. The maximum absolute atomic E-state index is 13.4. The van der Waals surface area contributed by atoms with E-state index in [1.165, 1.54) is 0 Å². The summed E-state index contributed by atoms with van der Waals surface area (Å²) in [5.41, 5.74) is 3.97. The molecule has 1 amide bonds. The lowest BCUT2D eigenvalue weighted by molar-refractivity contribution is 0.0763. The van der Waals surface area contributed by atoms with Crippen LogP contribution in [0.4, 0.5) is 0 Å². The monoisotopic (exact) mass is 452 g/mol. The van der Waals surface area contributed by atoms with Gasteiger partial charge in [-0.2, -0.15) is 0 Å². The van der Waals surface area contributed by atoms with Gasteiger partial charge >= 0.3 is 0 Å². The fourth-order valence-corrected chi connectivity index (χ4v) is 5.53. The summed E-state index contributed by atoms with van der Waals surface area (Å²) in [5.74, 6) is 1.06. The van der Waals surface area contributed by atoms with E-state index in [4.69, 9.17) is 10.4 Å². The number of pyridine rings is 2. The van der Waals surface area contributed by atoms with E-state index in [1.54, 1.807) is 0 Å². The van der Waals surface area contributed by atoms with Gasteiger partial charge in [-0.1, -0.05) is 24.3 Å². The standard InChI is InChI=1S/C27H28N6O/c1-19(33-12-5-2-9-25(33)28)31-14-22-16-32(17-23(22)15-31)27(34)21-8-6-7-20(13-21)24-18-30-11-4-3-10-26(30)29-24/h2-13,18-19,22-23,28H,14-17H2,1H3. The minimum atomic E-state index is 0.102. The van der Waals surface area contributed by atoms with Crippen LogP contribution >= 0.6 is 0 Å². The van der Waals surface area contributed by atoms with Gasteiger partial charge in [-0.15, -0.1) is 0 Å². The van der Waals surface area contributed by atoms with E-state index >= 15 is 0 Å². The summed E-state index contributed by atoms with van der Waals surface area (Å²) in [6, 6.07) is 19.5. The molecule has 0 bridgehead atoms. The number of carbonyl (C=O) groups excluding carboxylic acids is 1. The Morgan fingerprint density at radius 3 is 2.50 bits per heavy atom. The molecule has 5 heterocycles. The molecule has 0 saturated carbocycles. The number of fused-ring (bicyclic) bond motifs is 2. The van der Waals surface area contributed by atoms with E-state index in [0.717, 1.165) is 48.6 Å². The normalized spacial score (nSPS) is 21.1. The Kier molecular flexibility index (Phi) is 5.07. The lowest BCUT2D eigenvalue weighted by atomic mass is 10.0. The number of imidazole rings is 1. The highest BCUT2D eigenvalue weighted by Gasteiger charge is 2.43. The van der Waals surface area contributed by atoms with Gasteiger partial charge < -0.3 is 13.9 Å². The van der Waals surface area contributed by atoms with E-state index in [-0.39, 0.29) is 12.1 Å². The Balaban J connectivity index is 1.15. The maximum Gasteiger partial charge on any atom is 0.253 e. The van der Waals surface area contributed by atoms with Gasteiger partial charge in [-0.05, 0) is 55.2 Å². The van der Waals surface area contributed by atoms with Crippen molar-refractivity contribution in [3.05, 3.63) is 90.3 Å². The van der Waals surface area contributed by atoms with Crippen LogP contribution in [0, 0.1) is 17.2 Å². The molecule has 3 unspecified atom stereocenters. The molecule has 6 rings (SSSR count). The number of hydrogen-bond donors (Lipinski definition) is 1. The number of benzene rings is 1. The Hall–Kier alpha value is -3.71. The average Bonchev–Trinajstić information content (AvgIpc) is 3.57. The third-order valence-electron chi connectivity index (χ3n) is 7.39. The number of likely N-dealkylation sites (tertiary alicyclic amines) is 2. The van der Waals surface area contributed by atoms with Gasteiger partial charge in [0.2, 0.25) is 0 Å². The quantitative estimate of drug-likeness (QED) is 0.515. The zero-order valence-electron chi connectivity index (χ0n) is 19.2. The molecule has 2 fully saturated rings. The van der Waals surface area contributed by atoms with Gasteiger partial charge in [0.15, 0.2) is 0 Å². The van der Waals surface area contributed by atoms with Crippen LogP contribution in [0.5, 0.6) is 0 Å². The SMILES string of the molecule is CC(N1CC2CN(C(=O)c3cccc(-c4cn5ccccc5n4)c3)CC2C1)n1ccccc1=N. The fourth-order valence-electron chi connectivity index (χ4n) is 5.53. The molecule has 0 spiro atoms. The minimum Gasteiger partial charge on any atom is -0.338 e. The molecule has 4 aromatic rings. The van der Waals surface area contributed by atoms with Gasteiger partial charge in [0, 0.05) is 55.9 Å². The zero-order valence-corrected chi connectivity index (χ0v) is 19.2. The highest BCUT2D eigenvalue weighted by molar-refractivity contribution is 5.95. The number of nitrogens with zero attached hydrogens (tertiary/aromatic N) is 5. The molecule has 1 N–H and O–H groups in total. The highest BCUT2D eigenvalue weighted by Crippen LogP contribution is 2.35. The number of amides is 1. The molecule has 1 aromatic carbocycles. The van der Waals surface area contributed by atoms with Crippen LogP contribution in [0.15, 0.2) is 79.3 Å². The van der Waals surface area contributed by atoms with Crippen LogP contribution < -0.4 is 5.49 Å². The summed E-state index contributed by atoms with van der Waals surface area (Å²) in [6.07, 6.45) is 6.11. The summed E-state index contributed by atoms with van der Waals surface area (Å²) >= 11 is 0. The Morgan fingerprint density at radius 1 is 0.971 bits per heavy atom. The van der Waals surface area contributed by atoms with E-state index in [2.05, 4.69) is 11.8 Å². The summed E-state index contributed by atoms with van der Waals surface area (Å²) in [5, 5.41) is 8.20. The molecule has 172 valence electrons. The van der Waals surface area contributed by atoms with Crippen molar-refractivity contribution < 1.29 is 4.79 Å². The van der Waals surface area contributed by atoms with Crippen LogP contribution in [0.2, 0.25) is 0 Å². The number of rotatable bonds is 4. The third kappa shape index (κ3) is 3.62. The zero-order chi connectivity index (χ0) is 23.2. The van der Waals surface area contributed by atoms with Gasteiger partial charge in [-0.25, -0.2) is 4.98 Å². The van der Waals surface area contributed by atoms with Crippen LogP contribution in [-0.2, 0) is 0 Å². The molecule has 34 heavy (non-hydrogen) atoms. The number of aromatic nitrogens is 3. The van der Waals surface area contributed by atoms with Crippen molar-refractivity contribution in [2.75, 3.05) is 26.2 Å². The molecular formula is C27H28N6O. The summed E-state index contributed by atoms with van der Waals surface area (Å²) in [6.45, 7) is 5.65. The van der Waals surface area contributed by atoms with E-state index < -0.39 is 0 Å². The predicted molar refractivity (Wildman–Crippen MR) is 130 cm³/mol. The molecule has 7 nitrogen and oxygen atoms in total. The van der Waals surface area contributed by atoms with Gasteiger partial charge in [0.25, 0.3) is 5.91 Å². The molecule has 0 aliphatic carbocycles. The van der Waals surface area contributed by atoms with Crippen molar-refractivity contribution in [3.8, 4) is 11.3 Å². The molecule has 7 heteroatoms. The van der Waals surface area contributed by atoms with E-state index in [0.29, 0.717) is 17.3 Å². The van der Waals surface area contributed by atoms with Gasteiger partial charge in [0.05, 0.1) is 11.9 Å². The second-order valence-corrected chi connectivity index (χ2v) is 9.48. The van der Waals surface area contributed by atoms with Gasteiger partial charge in [-0.3, -0.25) is 15.1 Å². The summed E-state index contributed by atoms with van der Waals surface area (Å²) < 4.78 is 4.00. The van der Waals surface area contributed by atoms with Crippen molar-refractivity contribution >= 4 is 11.6 Å². The molecule has 3 atom stereocenters. The lowest BCUT2D eigenvalue weighted by Gasteiger charge is -2.28. The lowest BCUT2D eigenvalue weighted by Crippen LogP contribution is -2.38. The van der Waals surface area contributed by atoms with Crippen molar-refractivity contribution in [3.63, 3.8) is 0 Å². The molecular weight excluding hydrogens is 424 g/mol. The van der Waals surface area contributed by atoms with E-state index in [1.807, 2.05) is 93.1 Å². The van der Waals surface area contributed by atoms with Crippen molar-refractivity contribution in [1.29, 1.82) is 5.41 Å². The highest BCUT2D eigenvalue weighted by atomic mass is 16.2. The number of nitrogens with one attached hydrogen (secondary N) is 1. The summed E-state index contributed by atoms with van der Waals surface area (Å²) in [4.78, 5) is 22.5. The van der Waals surface area contributed by atoms with Crippen LogP contribution in [-0.4, -0.2) is 55.8 Å². The number of hydrogen-bond acceptors (Lipinski definition) is 4. The topological polar surface area (TPSA) is 69.6 Å². The summed E-state index contributed by atoms with van der Waals surface area (Å²) in [7, 11) is 0.